The highest BCUT2D eigenvalue weighted by atomic mass is 31.2. The summed E-state index contributed by atoms with van der Waals surface area (Å²) in [4.78, 5) is 33.7. The summed E-state index contributed by atoms with van der Waals surface area (Å²) in [5.41, 5.74) is 5.44. The molecule has 2 rings (SSSR count). The van der Waals surface area contributed by atoms with Crippen molar-refractivity contribution in [3.63, 3.8) is 0 Å². The van der Waals surface area contributed by atoms with Crippen LogP contribution in [0.5, 0.6) is 0 Å². The van der Waals surface area contributed by atoms with Gasteiger partial charge in [0.1, 0.15) is 24.1 Å². The van der Waals surface area contributed by atoms with Crippen LogP contribution in [0.25, 0.3) is 0 Å². The summed E-state index contributed by atoms with van der Waals surface area (Å²) in [5, 5.41) is 20.4. The number of rotatable bonds is 7. The van der Waals surface area contributed by atoms with E-state index in [1.807, 2.05) is 0 Å². The summed E-state index contributed by atoms with van der Waals surface area (Å²) in [6.07, 6.45) is -4.39. The molecule has 0 radical (unpaired) electrons. The van der Waals surface area contributed by atoms with E-state index in [-0.39, 0.29) is 17.5 Å². The maximum absolute atomic E-state index is 12.3. The van der Waals surface area contributed by atoms with E-state index in [1.165, 1.54) is 6.20 Å². The van der Waals surface area contributed by atoms with E-state index in [0.717, 1.165) is 4.57 Å². The lowest BCUT2D eigenvalue weighted by Gasteiger charge is -2.36. The lowest BCUT2D eigenvalue weighted by Crippen LogP contribution is -2.41. The van der Waals surface area contributed by atoms with Crippen LogP contribution in [0.2, 0.25) is 18.1 Å². The van der Waals surface area contributed by atoms with Crippen LogP contribution in [0.1, 0.15) is 32.6 Å². The van der Waals surface area contributed by atoms with Gasteiger partial charge in [-0.3, -0.25) is 9.09 Å². The molecule has 6 N–H and O–H groups in total. The number of hydrogen-bond donors (Lipinski definition) is 5. The number of phosphoric ester groups is 1. The number of anilines is 1. The van der Waals surface area contributed by atoms with Gasteiger partial charge in [-0.15, -0.1) is 0 Å². The SMILES string of the molecule is CC(C)(C)[Si](C)(C)OCc1cn(C2O[C@H](COP(=O)(O)O)[C@@H](O)C2O)c(=O)nc1N. The fraction of sp³-hybridized carbons (Fsp3) is 0.750. The van der Waals surface area contributed by atoms with Crippen molar-refractivity contribution in [2.45, 2.75) is 70.1 Å². The van der Waals surface area contributed by atoms with Gasteiger partial charge in [0.15, 0.2) is 14.5 Å². The Kier molecular flexibility index (Phi) is 7.34. The maximum Gasteiger partial charge on any atom is 0.469 e. The smallest absolute Gasteiger partial charge is 0.412 e. The Labute approximate surface area is 175 Å². The van der Waals surface area contributed by atoms with Crippen molar-refractivity contribution in [2.24, 2.45) is 0 Å². The van der Waals surface area contributed by atoms with Crippen molar-refractivity contribution in [3.8, 4) is 0 Å². The van der Waals surface area contributed by atoms with Gasteiger partial charge in [0.2, 0.25) is 0 Å². The minimum absolute atomic E-state index is 0.0237. The third-order valence-electron chi connectivity index (χ3n) is 5.47. The molecule has 0 bridgehead atoms. The number of aromatic nitrogens is 2. The van der Waals surface area contributed by atoms with Crippen LogP contribution in [-0.4, -0.2) is 62.8 Å². The number of aliphatic hydroxyl groups excluding tert-OH is 2. The normalized spacial score (nSPS) is 25.6. The molecule has 2 heterocycles. The van der Waals surface area contributed by atoms with Crippen molar-refractivity contribution in [3.05, 3.63) is 22.2 Å². The quantitative estimate of drug-likeness (QED) is 0.270. The molecule has 0 spiro atoms. The first-order chi connectivity index (χ1) is 13.5. The number of aliphatic hydroxyl groups is 2. The van der Waals surface area contributed by atoms with Crippen LogP contribution in [0.15, 0.2) is 11.0 Å². The molecule has 0 aliphatic carbocycles. The van der Waals surface area contributed by atoms with Crippen molar-refractivity contribution in [2.75, 3.05) is 12.3 Å². The third-order valence-corrected chi connectivity index (χ3v) is 10.4. The average molecular weight is 467 g/mol. The van der Waals surface area contributed by atoms with Crippen molar-refractivity contribution >= 4 is 22.0 Å². The summed E-state index contributed by atoms with van der Waals surface area (Å²) in [6.45, 7) is 9.74. The molecule has 1 aliphatic heterocycles. The molecule has 4 atom stereocenters. The molecular formula is C16H30N3O9PSi. The first-order valence-corrected chi connectivity index (χ1v) is 13.7. The number of nitrogens with zero attached hydrogens (tertiary/aromatic N) is 2. The van der Waals surface area contributed by atoms with Gasteiger partial charge in [0.25, 0.3) is 0 Å². The summed E-state index contributed by atoms with van der Waals surface area (Å²) < 4.78 is 27.7. The lowest BCUT2D eigenvalue weighted by atomic mass is 10.1. The molecular weight excluding hydrogens is 437 g/mol. The van der Waals surface area contributed by atoms with Gasteiger partial charge in [-0.1, -0.05) is 20.8 Å². The zero-order valence-corrected chi connectivity index (χ0v) is 19.4. The largest absolute Gasteiger partial charge is 0.469 e. The van der Waals surface area contributed by atoms with Crippen molar-refractivity contribution in [1.29, 1.82) is 0 Å². The van der Waals surface area contributed by atoms with Gasteiger partial charge in [0.05, 0.1) is 13.2 Å². The molecule has 1 aliphatic rings. The van der Waals surface area contributed by atoms with Crippen LogP contribution >= 0.6 is 7.82 Å². The third kappa shape index (κ3) is 5.75. The highest BCUT2D eigenvalue weighted by Gasteiger charge is 2.45. The molecule has 2 unspecified atom stereocenters. The predicted octanol–water partition coefficient (Wildman–Crippen LogP) is 0.0758. The van der Waals surface area contributed by atoms with Gasteiger partial charge in [-0.05, 0) is 18.1 Å². The zero-order chi connectivity index (χ0) is 23.1. The Balaban J connectivity index is 2.24. The van der Waals surface area contributed by atoms with Crippen molar-refractivity contribution in [1.82, 2.24) is 9.55 Å². The van der Waals surface area contributed by atoms with Gasteiger partial charge < -0.3 is 34.9 Å². The van der Waals surface area contributed by atoms with Gasteiger partial charge in [-0.2, -0.15) is 4.98 Å². The summed E-state index contributed by atoms with van der Waals surface area (Å²) in [7, 11) is -6.92. The standard InChI is InChI=1S/C16H30N3O9PSi/c1-16(2,3)30(4,5)27-7-9-6-19(15(22)18-13(9)17)14-12(21)11(20)10(28-14)8-26-29(23,24)25/h6,10-12,14,20-21H,7-8H2,1-5H3,(H2,17,18,22)(H2,23,24,25)/t10-,11-,12?,14?/m1/s1. The molecule has 1 fully saturated rings. The van der Waals surface area contributed by atoms with Gasteiger partial charge >= 0.3 is 13.5 Å². The highest BCUT2D eigenvalue weighted by molar-refractivity contribution is 7.46. The fourth-order valence-electron chi connectivity index (χ4n) is 2.56. The lowest BCUT2D eigenvalue weighted by molar-refractivity contribution is -0.0543. The Morgan fingerprint density at radius 1 is 1.30 bits per heavy atom. The molecule has 30 heavy (non-hydrogen) atoms. The first kappa shape index (κ1) is 25.1. The summed E-state index contributed by atoms with van der Waals surface area (Å²) in [5.74, 6) is -0.0237. The van der Waals surface area contributed by atoms with Crippen LogP contribution in [0.3, 0.4) is 0 Å². The Bertz CT molecular complexity index is 866. The monoisotopic (exact) mass is 467 g/mol. The fourth-order valence-corrected chi connectivity index (χ4v) is 3.85. The van der Waals surface area contributed by atoms with E-state index in [0.29, 0.717) is 5.56 Å². The van der Waals surface area contributed by atoms with Crippen molar-refractivity contribution < 1.29 is 38.3 Å². The van der Waals surface area contributed by atoms with E-state index in [2.05, 4.69) is 43.4 Å². The van der Waals surface area contributed by atoms with Gasteiger partial charge in [-0.25, -0.2) is 9.36 Å². The zero-order valence-electron chi connectivity index (χ0n) is 17.6. The molecule has 14 heteroatoms. The Morgan fingerprint density at radius 3 is 2.43 bits per heavy atom. The van der Waals surface area contributed by atoms with E-state index in [9.17, 15) is 19.6 Å². The molecule has 0 saturated carbocycles. The maximum atomic E-state index is 12.3. The number of phosphoric acid groups is 1. The molecule has 1 aromatic rings. The minimum Gasteiger partial charge on any atom is -0.412 e. The second-order valence-corrected chi connectivity index (χ2v) is 14.8. The topological polar surface area (TPSA) is 187 Å². The molecule has 0 aromatic carbocycles. The molecule has 1 aromatic heterocycles. The Hall–Kier alpha value is -1.15. The van der Waals surface area contributed by atoms with E-state index < -0.39 is 53.0 Å². The summed E-state index contributed by atoms with van der Waals surface area (Å²) >= 11 is 0. The predicted molar refractivity (Wildman–Crippen MR) is 109 cm³/mol. The molecule has 172 valence electrons. The van der Waals surface area contributed by atoms with Crippen LogP contribution < -0.4 is 11.4 Å². The van der Waals surface area contributed by atoms with Crippen LogP contribution in [0.4, 0.5) is 5.82 Å². The van der Waals surface area contributed by atoms with E-state index >= 15 is 0 Å². The van der Waals surface area contributed by atoms with E-state index in [4.69, 9.17) is 24.7 Å². The number of hydrogen-bond acceptors (Lipinski definition) is 9. The second-order valence-electron chi connectivity index (χ2n) is 8.72. The number of nitrogens with two attached hydrogens (primary N) is 1. The summed E-state index contributed by atoms with van der Waals surface area (Å²) in [6, 6.07) is 0. The highest BCUT2D eigenvalue weighted by Crippen LogP contribution is 2.39. The second kappa shape index (κ2) is 8.77. The Morgan fingerprint density at radius 2 is 1.90 bits per heavy atom. The number of nitrogen functional groups attached to an aromatic ring is 1. The molecule has 12 nitrogen and oxygen atoms in total. The molecule has 0 amide bonds. The van der Waals surface area contributed by atoms with Gasteiger partial charge in [0, 0.05) is 11.8 Å². The minimum atomic E-state index is -4.80. The van der Waals surface area contributed by atoms with Crippen LogP contribution in [0, 0.1) is 0 Å². The number of ether oxygens (including phenoxy) is 1. The first-order valence-electron chi connectivity index (χ1n) is 9.26. The average Bonchev–Trinajstić information content (AvgIpc) is 2.86. The van der Waals surface area contributed by atoms with E-state index in [1.54, 1.807) is 0 Å². The van der Waals surface area contributed by atoms with Crippen LogP contribution in [-0.2, 0) is 24.9 Å². The molecule has 1 saturated heterocycles.